The monoisotopic (exact) mass is 417 g/mol. The standard InChI is InChI=1S/C20H24ClN5O3/c1-24-13-22-23-19(24)16-8-25(18(28)9-29-2)10-20(16)11-26(12-20)17(27)7-14-3-5-15(21)6-4-14/h3-6,13,16H,7-12H2,1-2H3. The van der Waals surface area contributed by atoms with Crippen LogP contribution in [0.1, 0.15) is 17.3 Å². The van der Waals surface area contributed by atoms with Crippen molar-refractivity contribution in [1.82, 2.24) is 24.6 Å². The van der Waals surface area contributed by atoms with Crippen molar-refractivity contribution in [3.05, 3.63) is 47.0 Å². The lowest BCUT2D eigenvalue weighted by Crippen LogP contribution is -2.62. The van der Waals surface area contributed by atoms with Crippen molar-refractivity contribution in [1.29, 1.82) is 0 Å². The highest BCUT2D eigenvalue weighted by Crippen LogP contribution is 2.48. The van der Waals surface area contributed by atoms with Gasteiger partial charge in [0.2, 0.25) is 11.8 Å². The fourth-order valence-corrected chi connectivity index (χ4v) is 4.56. The molecule has 2 aliphatic heterocycles. The average Bonchev–Trinajstić information content (AvgIpc) is 3.26. The highest BCUT2D eigenvalue weighted by atomic mass is 35.5. The molecule has 154 valence electrons. The molecule has 0 saturated carbocycles. The smallest absolute Gasteiger partial charge is 0.248 e. The zero-order valence-corrected chi connectivity index (χ0v) is 17.3. The van der Waals surface area contributed by atoms with E-state index in [1.165, 1.54) is 7.11 Å². The number of ether oxygens (including phenoxy) is 1. The number of hydrogen-bond donors (Lipinski definition) is 0. The molecule has 1 aromatic heterocycles. The van der Waals surface area contributed by atoms with Crippen LogP contribution in [-0.4, -0.2) is 76.3 Å². The summed E-state index contributed by atoms with van der Waals surface area (Å²) in [6.07, 6.45) is 2.01. The number of aryl methyl sites for hydroxylation is 1. The number of carbonyl (C=O) groups is 2. The van der Waals surface area contributed by atoms with Crippen LogP contribution < -0.4 is 0 Å². The van der Waals surface area contributed by atoms with Crippen molar-refractivity contribution in [2.24, 2.45) is 12.5 Å². The number of halogens is 1. The van der Waals surface area contributed by atoms with E-state index in [2.05, 4.69) is 10.2 Å². The zero-order valence-electron chi connectivity index (χ0n) is 16.5. The molecular formula is C20H24ClN5O3. The molecule has 1 spiro atoms. The Hall–Kier alpha value is -2.45. The number of carbonyl (C=O) groups excluding carboxylic acids is 2. The minimum Gasteiger partial charge on any atom is -0.375 e. The summed E-state index contributed by atoms with van der Waals surface area (Å²) >= 11 is 5.92. The number of rotatable bonds is 5. The fourth-order valence-electron chi connectivity index (χ4n) is 4.44. The molecule has 0 radical (unpaired) electrons. The Labute approximate surface area is 174 Å². The number of aromatic nitrogens is 3. The predicted molar refractivity (Wildman–Crippen MR) is 106 cm³/mol. The van der Waals surface area contributed by atoms with Gasteiger partial charge >= 0.3 is 0 Å². The van der Waals surface area contributed by atoms with E-state index in [4.69, 9.17) is 16.3 Å². The van der Waals surface area contributed by atoms with E-state index >= 15 is 0 Å². The normalized spacial score (nSPS) is 20.2. The van der Waals surface area contributed by atoms with Gasteiger partial charge in [-0.25, -0.2) is 0 Å². The summed E-state index contributed by atoms with van der Waals surface area (Å²) in [6, 6.07) is 7.34. The zero-order chi connectivity index (χ0) is 20.6. The summed E-state index contributed by atoms with van der Waals surface area (Å²) < 4.78 is 6.92. The molecule has 2 aromatic rings. The Morgan fingerprint density at radius 1 is 1.17 bits per heavy atom. The molecule has 1 unspecified atom stereocenters. The summed E-state index contributed by atoms with van der Waals surface area (Å²) in [5, 5.41) is 8.95. The van der Waals surface area contributed by atoms with Gasteiger partial charge in [0.15, 0.2) is 0 Å². The van der Waals surface area contributed by atoms with Crippen LogP contribution in [0.2, 0.25) is 5.02 Å². The quantitative estimate of drug-likeness (QED) is 0.728. The van der Waals surface area contributed by atoms with Crippen molar-refractivity contribution in [2.75, 3.05) is 39.9 Å². The average molecular weight is 418 g/mol. The van der Waals surface area contributed by atoms with Crippen molar-refractivity contribution in [3.63, 3.8) is 0 Å². The third kappa shape index (κ3) is 3.74. The predicted octanol–water partition coefficient (Wildman–Crippen LogP) is 1.11. The molecule has 8 nitrogen and oxygen atoms in total. The first kappa shape index (κ1) is 19.8. The Kier molecular flexibility index (Phi) is 5.31. The SMILES string of the molecule is COCC(=O)N1CC(c2nncn2C)C2(C1)CN(C(=O)Cc1ccc(Cl)cc1)C2. The third-order valence-electron chi connectivity index (χ3n) is 5.96. The Morgan fingerprint density at radius 2 is 1.86 bits per heavy atom. The van der Waals surface area contributed by atoms with Gasteiger partial charge in [-0.2, -0.15) is 0 Å². The van der Waals surface area contributed by atoms with E-state index in [0.717, 1.165) is 11.4 Å². The molecule has 1 atom stereocenters. The maximum Gasteiger partial charge on any atom is 0.248 e. The van der Waals surface area contributed by atoms with Gasteiger partial charge in [-0.1, -0.05) is 23.7 Å². The minimum atomic E-state index is -0.195. The summed E-state index contributed by atoms with van der Waals surface area (Å²) in [6.45, 7) is 2.42. The van der Waals surface area contributed by atoms with Crippen LogP contribution in [0.4, 0.5) is 0 Å². The van der Waals surface area contributed by atoms with E-state index < -0.39 is 0 Å². The van der Waals surface area contributed by atoms with Crippen LogP contribution in [0, 0.1) is 5.41 Å². The molecule has 0 aliphatic carbocycles. The second-order valence-corrected chi connectivity index (χ2v) is 8.41. The maximum absolute atomic E-state index is 12.8. The Morgan fingerprint density at radius 3 is 2.48 bits per heavy atom. The van der Waals surface area contributed by atoms with Gasteiger partial charge in [-0.15, -0.1) is 10.2 Å². The van der Waals surface area contributed by atoms with Gasteiger partial charge in [0.25, 0.3) is 0 Å². The second-order valence-electron chi connectivity index (χ2n) is 7.98. The van der Waals surface area contributed by atoms with Gasteiger partial charge < -0.3 is 19.1 Å². The number of benzene rings is 1. The largest absolute Gasteiger partial charge is 0.375 e. The molecular weight excluding hydrogens is 394 g/mol. The van der Waals surface area contributed by atoms with Crippen LogP contribution in [0.25, 0.3) is 0 Å². The third-order valence-corrected chi connectivity index (χ3v) is 6.21. The molecule has 2 saturated heterocycles. The minimum absolute atomic E-state index is 0.0374. The summed E-state index contributed by atoms with van der Waals surface area (Å²) in [7, 11) is 3.43. The number of hydrogen-bond acceptors (Lipinski definition) is 5. The lowest BCUT2D eigenvalue weighted by Gasteiger charge is -2.50. The second kappa shape index (κ2) is 7.76. The first-order chi connectivity index (χ1) is 13.9. The summed E-state index contributed by atoms with van der Waals surface area (Å²) in [4.78, 5) is 28.9. The van der Waals surface area contributed by atoms with Gasteiger partial charge in [-0.05, 0) is 17.7 Å². The van der Waals surface area contributed by atoms with Gasteiger partial charge in [-0.3, -0.25) is 9.59 Å². The van der Waals surface area contributed by atoms with E-state index in [-0.39, 0.29) is 29.8 Å². The first-order valence-electron chi connectivity index (χ1n) is 9.55. The van der Waals surface area contributed by atoms with Crippen molar-refractivity contribution >= 4 is 23.4 Å². The molecule has 2 aliphatic rings. The highest BCUT2D eigenvalue weighted by molar-refractivity contribution is 6.30. The lowest BCUT2D eigenvalue weighted by atomic mass is 9.71. The van der Waals surface area contributed by atoms with Crippen LogP contribution in [0.5, 0.6) is 0 Å². The van der Waals surface area contributed by atoms with Crippen LogP contribution in [0.3, 0.4) is 0 Å². The molecule has 0 N–H and O–H groups in total. The molecule has 2 amide bonds. The molecule has 2 fully saturated rings. The Bertz CT molecular complexity index is 907. The first-order valence-corrected chi connectivity index (χ1v) is 9.92. The Balaban J connectivity index is 1.48. The summed E-state index contributed by atoms with van der Waals surface area (Å²) in [5.74, 6) is 0.928. The number of nitrogens with zero attached hydrogens (tertiary/aromatic N) is 5. The number of methoxy groups -OCH3 is 1. The molecule has 1 aromatic carbocycles. The van der Waals surface area contributed by atoms with E-state index in [0.29, 0.717) is 37.6 Å². The van der Waals surface area contributed by atoms with Crippen LogP contribution >= 0.6 is 11.6 Å². The molecule has 3 heterocycles. The van der Waals surface area contributed by atoms with Gasteiger partial charge in [0.1, 0.15) is 18.8 Å². The molecule has 0 bridgehead atoms. The molecule has 4 rings (SSSR count). The number of likely N-dealkylation sites (tertiary alicyclic amines) is 2. The van der Waals surface area contributed by atoms with Crippen molar-refractivity contribution < 1.29 is 14.3 Å². The lowest BCUT2D eigenvalue weighted by molar-refractivity contribution is -0.143. The van der Waals surface area contributed by atoms with E-state index in [1.807, 2.05) is 33.5 Å². The number of amides is 2. The molecule has 9 heteroatoms. The van der Waals surface area contributed by atoms with Crippen molar-refractivity contribution in [3.8, 4) is 0 Å². The topological polar surface area (TPSA) is 80.6 Å². The maximum atomic E-state index is 12.8. The van der Waals surface area contributed by atoms with E-state index in [1.54, 1.807) is 18.5 Å². The fraction of sp³-hybridized carbons (Fsp3) is 0.500. The van der Waals surface area contributed by atoms with Crippen LogP contribution in [-0.2, 0) is 27.8 Å². The highest BCUT2D eigenvalue weighted by Gasteiger charge is 2.57. The van der Waals surface area contributed by atoms with Crippen LogP contribution in [0.15, 0.2) is 30.6 Å². The van der Waals surface area contributed by atoms with Crippen molar-refractivity contribution in [2.45, 2.75) is 12.3 Å². The summed E-state index contributed by atoms with van der Waals surface area (Å²) in [5.41, 5.74) is 0.744. The van der Waals surface area contributed by atoms with Gasteiger partial charge in [0.05, 0.1) is 6.42 Å². The molecule has 29 heavy (non-hydrogen) atoms. The van der Waals surface area contributed by atoms with Gasteiger partial charge in [0, 0.05) is 56.7 Å². The van der Waals surface area contributed by atoms with E-state index in [9.17, 15) is 9.59 Å².